The van der Waals surface area contributed by atoms with E-state index in [1.165, 1.54) is 31.5 Å². The van der Waals surface area contributed by atoms with Gasteiger partial charge in [-0.25, -0.2) is 13.4 Å². The van der Waals surface area contributed by atoms with Gasteiger partial charge in [0.2, 0.25) is 5.88 Å². The number of hydrogen-bond acceptors (Lipinski definition) is 6. The van der Waals surface area contributed by atoms with Crippen LogP contribution in [-0.4, -0.2) is 51.0 Å². The Balaban J connectivity index is 1.97. The van der Waals surface area contributed by atoms with Gasteiger partial charge in [-0.1, -0.05) is 11.6 Å². The number of fused-ring (bicyclic) bond motifs is 1. The molecule has 7 nitrogen and oxygen atoms in total. The highest BCUT2D eigenvalue weighted by Crippen LogP contribution is 2.30. The van der Waals surface area contributed by atoms with E-state index in [4.69, 9.17) is 21.1 Å². The molecule has 1 aromatic heterocycles. The summed E-state index contributed by atoms with van der Waals surface area (Å²) in [5, 5.41) is 0.289. The Morgan fingerprint density at radius 3 is 2.81 bits per heavy atom. The topological polar surface area (TPSA) is 85.8 Å². The molecule has 144 valence electrons. The minimum Gasteiger partial charge on any atom is -0.495 e. The van der Waals surface area contributed by atoms with Crippen molar-refractivity contribution in [2.75, 3.05) is 26.8 Å². The third-order valence-corrected chi connectivity index (χ3v) is 6.16. The molecule has 1 aromatic carbocycles. The molecule has 2 heterocycles. The highest BCUT2D eigenvalue weighted by Gasteiger charge is 2.26. The lowest BCUT2D eigenvalue weighted by Crippen LogP contribution is -2.32. The van der Waals surface area contributed by atoms with Crippen LogP contribution in [0.3, 0.4) is 0 Å². The third-order valence-electron chi connectivity index (χ3n) is 4.22. The average Bonchev–Trinajstić information content (AvgIpc) is 2.80. The Kier molecular flexibility index (Phi) is 5.57. The summed E-state index contributed by atoms with van der Waals surface area (Å²) in [5.41, 5.74) is 0.644. The number of carbonyl (C=O) groups excluding carboxylic acids is 1. The fourth-order valence-corrected chi connectivity index (χ4v) is 4.61. The summed E-state index contributed by atoms with van der Waals surface area (Å²) in [6.07, 6.45) is 1.41. The summed E-state index contributed by atoms with van der Waals surface area (Å²) in [5.74, 6) is -0.142. The number of rotatable bonds is 5. The monoisotopic (exact) mass is 410 g/mol. The van der Waals surface area contributed by atoms with Crippen LogP contribution in [0.5, 0.6) is 11.6 Å². The molecule has 9 heteroatoms. The molecular weight excluding hydrogens is 392 g/mol. The first-order valence-electron chi connectivity index (χ1n) is 8.33. The van der Waals surface area contributed by atoms with Gasteiger partial charge in [-0.15, -0.1) is 0 Å². The first-order valence-corrected chi connectivity index (χ1v) is 10.4. The standard InChI is InChI=1S/C18H19ClN2O5S/c1-3-21-6-7-26-17-14(18(21)22)8-12(10-20-17)11-27(23,24)16-9-13(19)4-5-15(16)25-2/h4-5,8-10H,3,6-7,11H2,1-2H3. The molecule has 1 aliphatic rings. The number of benzene rings is 1. The van der Waals surface area contributed by atoms with Crippen molar-refractivity contribution in [1.29, 1.82) is 0 Å². The molecule has 3 rings (SSSR count). The van der Waals surface area contributed by atoms with Crippen molar-refractivity contribution in [3.05, 3.63) is 46.6 Å². The maximum atomic E-state index is 12.9. The van der Waals surface area contributed by atoms with Crippen LogP contribution >= 0.6 is 11.6 Å². The molecule has 0 N–H and O–H groups in total. The summed E-state index contributed by atoms with van der Waals surface area (Å²) >= 11 is 5.95. The van der Waals surface area contributed by atoms with Gasteiger partial charge in [0, 0.05) is 17.8 Å². The van der Waals surface area contributed by atoms with Gasteiger partial charge in [0.05, 0.1) is 19.4 Å². The largest absolute Gasteiger partial charge is 0.495 e. The summed E-state index contributed by atoms with van der Waals surface area (Å²) in [4.78, 5) is 18.4. The first-order chi connectivity index (χ1) is 12.9. The van der Waals surface area contributed by atoms with Crippen LogP contribution < -0.4 is 9.47 Å². The fraction of sp³-hybridized carbons (Fsp3) is 0.333. The predicted molar refractivity (Wildman–Crippen MR) is 100 cm³/mol. The van der Waals surface area contributed by atoms with Crippen LogP contribution in [0.1, 0.15) is 22.8 Å². The quantitative estimate of drug-likeness (QED) is 0.753. The summed E-state index contributed by atoms with van der Waals surface area (Å²) < 4.78 is 36.4. The van der Waals surface area contributed by atoms with E-state index in [9.17, 15) is 13.2 Å². The maximum absolute atomic E-state index is 12.9. The molecule has 0 atom stereocenters. The number of likely N-dealkylation sites (N-methyl/N-ethyl adjacent to an activating group) is 1. The van der Waals surface area contributed by atoms with Crippen molar-refractivity contribution < 1.29 is 22.7 Å². The van der Waals surface area contributed by atoms with Crippen LogP contribution in [0.4, 0.5) is 0 Å². The maximum Gasteiger partial charge on any atom is 0.259 e. The molecule has 1 amide bonds. The number of aromatic nitrogens is 1. The normalized spacial score (nSPS) is 14.3. The molecule has 0 saturated carbocycles. The molecule has 2 aromatic rings. The van der Waals surface area contributed by atoms with Crippen LogP contribution in [0, 0.1) is 0 Å². The Bertz CT molecular complexity index is 978. The van der Waals surface area contributed by atoms with Crippen molar-refractivity contribution in [2.24, 2.45) is 0 Å². The lowest BCUT2D eigenvalue weighted by molar-refractivity contribution is 0.0765. The second-order valence-electron chi connectivity index (χ2n) is 5.98. The lowest BCUT2D eigenvalue weighted by atomic mass is 10.2. The van der Waals surface area contributed by atoms with Gasteiger partial charge >= 0.3 is 0 Å². The van der Waals surface area contributed by atoms with E-state index in [0.717, 1.165) is 0 Å². The zero-order valence-electron chi connectivity index (χ0n) is 14.9. The van der Waals surface area contributed by atoms with Crippen LogP contribution in [-0.2, 0) is 15.6 Å². The van der Waals surface area contributed by atoms with Gasteiger partial charge in [-0.05, 0) is 36.8 Å². The number of hydrogen-bond donors (Lipinski definition) is 0. The SMILES string of the molecule is CCN1CCOc2ncc(CS(=O)(=O)c3cc(Cl)ccc3OC)cc2C1=O. The van der Waals surface area contributed by atoms with Gasteiger partial charge in [-0.3, -0.25) is 4.79 Å². The number of pyridine rings is 1. The van der Waals surface area contributed by atoms with Gasteiger partial charge in [0.1, 0.15) is 22.8 Å². The van der Waals surface area contributed by atoms with Crippen LogP contribution in [0.15, 0.2) is 35.4 Å². The minimum absolute atomic E-state index is 0.00907. The Hall–Kier alpha value is -2.32. The number of methoxy groups -OCH3 is 1. The number of carbonyl (C=O) groups is 1. The van der Waals surface area contributed by atoms with E-state index in [0.29, 0.717) is 25.3 Å². The van der Waals surface area contributed by atoms with Crippen molar-refractivity contribution in [3.8, 4) is 11.6 Å². The van der Waals surface area contributed by atoms with E-state index in [-0.39, 0.29) is 38.8 Å². The molecule has 0 aliphatic carbocycles. The highest BCUT2D eigenvalue weighted by molar-refractivity contribution is 7.90. The molecule has 0 radical (unpaired) electrons. The molecule has 0 bridgehead atoms. The highest BCUT2D eigenvalue weighted by atomic mass is 35.5. The summed E-state index contributed by atoms with van der Waals surface area (Å²) in [6.45, 7) is 3.20. The zero-order chi connectivity index (χ0) is 19.6. The molecular formula is C18H19ClN2O5S. The summed E-state index contributed by atoms with van der Waals surface area (Å²) in [7, 11) is -2.38. The van der Waals surface area contributed by atoms with E-state index < -0.39 is 9.84 Å². The minimum atomic E-state index is -3.77. The molecule has 0 fully saturated rings. The van der Waals surface area contributed by atoms with Gasteiger partial charge in [0.25, 0.3) is 5.91 Å². The number of halogens is 1. The van der Waals surface area contributed by atoms with Gasteiger partial charge in [0.15, 0.2) is 9.84 Å². The van der Waals surface area contributed by atoms with E-state index in [1.54, 1.807) is 11.0 Å². The number of nitrogens with zero attached hydrogens (tertiary/aromatic N) is 2. The average molecular weight is 411 g/mol. The van der Waals surface area contributed by atoms with Gasteiger partial charge < -0.3 is 14.4 Å². The third kappa shape index (κ3) is 4.01. The molecule has 1 aliphatic heterocycles. The predicted octanol–water partition coefficient (Wildman–Crippen LogP) is 2.57. The van der Waals surface area contributed by atoms with Crippen molar-refractivity contribution in [3.63, 3.8) is 0 Å². The van der Waals surface area contributed by atoms with Crippen molar-refractivity contribution in [2.45, 2.75) is 17.6 Å². The number of sulfone groups is 1. The molecule has 27 heavy (non-hydrogen) atoms. The lowest BCUT2D eigenvalue weighted by Gasteiger charge is -2.17. The van der Waals surface area contributed by atoms with Crippen molar-refractivity contribution >= 4 is 27.3 Å². The first kappa shape index (κ1) is 19.4. The van der Waals surface area contributed by atoms with Crippen LogP contribution in [0.25, 0.3) is 0 Å². The molecule has 0 saturated heterocycles. The van der Waals surface area contributed by atoms with E-state index in [2.05, 4.69) is 4.98 Å². The fourth-order valence-electron chi connectivity index (χ4n) is 2.86. The van der Waals surface area contributed by atoms with Crippen molar-refractivity contribution in [1.82, 2.24) is 9.88 Å². The summed E-state index contributed by atoms with van der Waals surface area (Å²) in [6, 6.07) is 5.92. The number of amides is 1. The van der Waals surface area contributed by atoms with E-state index in [1.807, 2.05) is 6.92 Å². The van der Waals surface area contributed by atoms with Crippen LogP contribution in [0.2, 0.25) is 5.02 Å². The smallest absolute Gasteiger partial charge is 0.259 e. The zero-order valence-corrected chi connectivity index (χ0v) is 16.5. The van der Waals surface area contributed by atoms with E-state index >= 15 is 0 Å². The Morgan fingerprint density at radius 2 is 2.11 bits per heavy atom. The second kappa shape index (κ2) is 7.74. The second-order valence-corrected chi connectivity index (χ2v) is 8.38. The number of ether oxygens (including phenoxy) is 2. The Labute approximate surface area is 162 Å². The molecule has 0 unspecified atom stereocenters. The Morgan fingerprint density at radius 1 is 1.33 bits per heavy atom. The van der Waals surface area contributed by atoms with Gasteiger partial charge in [-0.2, -0.15) is 0 Å². The molecule has 0 spiro atoms.